The van der Waals surface area contributed by atoms with Crippen LogP contribution in [-0.2, 0) is 4.74 Å². The van der Waals surface area contributed by atoms with E-state index >= 15 is 0 Å². The summed E-state index contributed by atoms with van der Waals surface area (Å²) in [4.78, 5) is 15.2. The molecule has 1 saturated heterocycles. The lowest BCUT2D eigenvalue weighted by molar-refractivity contribution is -0.233. The summed E-state index contributed by atoms with van der Waals surface area (Å²) in [5.41, 5.74) is 1.05. The predicted octanol–water partition coefficient (Wildman–Crippen LogP) is -1.30. The van der Waals surface area contributed by atoms with Gasteiger partial charge in [0.2, 0.25) is 0 Å². The Balaban J connectivity index is 1.76. The van der Waals surface area contributed by atoms with Gasteiger partial charge >= 0.3 is 0 Å². The molecule has 1 aliphatic rings. The van der Waals surface area contributed by atoms with E-state index in [1.807, 2.05) is 24.3 Å². The van der Waals surface area contributed by atoms with E-state index in [-0.39, 0.29) is 5.69 Å². The Labute approximate surface area is 131 Å². The van der Waals surface area contributed by atoms with Crippen molar-refractivity contribution in [3.8, 4) is 0 Å². The molecule has 0 radical (unpaired) electrons. The molecule has 2 heterocycles. The van der Waals surface area contributed by atoms with Gasteiger partial charge in [-0.1, -0.05) is 18.2 Å². The number of carbonyl (C=O) groups excluding carboxylic acids is 1. The van der Waals surface area contributed by atoms with Crippen molar-refractivity contribution in [2.24, 2.45) is 0 Å². The Morgan fingerprint density at radius 2 is 1.91 bits per heavy atom. The summed E-state index contributed by atoms with van der Waals surface area (Å²) in [6.07, 6.45) is -6.82. The summed E-state index contributed by atoms with van der Waals surface area (Å²) in [6, 6.07) is 8.98. The molecule has 0 aliphatic carbocycles. The molecule has 1 aromatic heterocycles. The van der Waals surface area contributed by atoms with Crippen LogP contribution in [0.15, 0.2) is 30.3 Å². The van der Waals surface area contributed by atoms with Gasteiger partial charge in [0.1, 0.15) is 30.1 Å². The van der Waals surface area contributed by atoms with Gasteiger partial charge in [0, 0.05) is 10.9 Å². The molecule has 5 atom stereocenters. The number of ether oxygens (including phenoxy) is 1. The maximum atomic E-state index is 12.3. The van der Waals surface area contributed by atoms with Crippen molar-refractivity contribution < 1.29 is 30.0 Å². The molecule has 1 aliphatic heterocycles. The van der Waals surface area contributed by atoms with Gasteiger partial charge in [-0.05, 0) is 12.1 Å². The van der Waals surface area contributed by atoms with Gasteiger partial charge < -0.3 is 35.5 Å². The Hall–Kier alpha value is -1.97. The minimum Gasteiger partial charge on any atom is -0.394 e. The fourth-order valence-electron chi connectivity index (χ4n) is 2.62. The van der Waals surface area contributed by atoms with Crippen LogP contribution in [0.2, 0.25) is 0 Å². The van der Waals surface area contributed by atoms with E-state index in [0.717, 1.165) is 10.9 Å². The summed E-state index contributed by atoms with van der Waals surface area (Å²) in [6.45, 7) is -0.552. The molecule has 1 amide bonds. The van der Waals surface area contributed by atoms with E-state index in [0.29, 0.717) is 0 Å². The number of nitrogens with one attached hydrogen (secondary N) is 2. The first-order valence-electron chi connectivity index (χ1n) is 7.20. The molecule has 8 heteroatoms. The van der Waals surface area contributed by atoms with Crippen LogP contribution >= 0.6 is 0 Å². The number of carbonyl (C=O) groups is 1. The zero-order valence-electron chi connectivity index (χ0n) is 12.1. The molecule has 3 rings (SSSR count). The second kappa shape index (κ2) is 6.26. The number of para-hydroxylation sites is 1. The molecule has 1 fully saturated rings. The highest BCUT2D eigenvalue weighted by Gasteiger charge is 2.44. The minimum absolute atomic E-state index is 0.267. The summed E-state index contributed by atoms with van der Waals surface area (Å²) in [5.74, 6) is -0.537. The number of benzene rings is 1. The Bertz CT molecular complexity index is 667. The van der Waals surface area contributed by atoms with Crippen molar-refractivity contribution in [3.05, 3.63) is 36.0 Å². The van der Waals surface area contributed by atoms with Crippen molar-refractivity contribution in [3.63, 3.8) is 0 Å². The van der Waals surface area contributed by atoms with Crippen LogP contribution in [0.5, 0.6) is 0 Å². The maximum Gasteiger partial charge on any atom is 0.269 e. The Morgan fingerprint density at radius 1 is 1.17 bits per heavy atom. The number of fused-ring (bicyclic) bond motifs is 1. The first-order valence-corrected chi connectivity index (χ1v) is 7.20. The number of hydrogen-bond acceptors (Lipinski definition) is 6. The summed E-state index contributed by atoms with van der Waals surface area (Å²) < 4.78 is 5.24. The van der Waals surface area contributed by atoms with Gasteiger partial charge in [0.15, 0.2) is 6.23 Å². The molecule has 8 nitrogen and oxygen atoms in total. The van der Waals surface area contributed by atoms with Crippen molar-refractivity contribution in [2.75, 3.05) is 6.61 Å². The minimum atomic E-state index is -1.53. The summed E-state index contributed by atoms with van der Waals surface area (Å²) in [7, 11) is 0. The van der Waals surface area contributed by atoms with Crippen LogP contribution in [0.3, 0.4) is 0 Å². The third-order valence-corrected chi connectivity index (χ3v) is 3.94. The number of aliphatic hydroxyl groups is 4. The van der Waals surface area contributed by atoms with E-state index in [1.165, 1.54) is 0 Å². The first-order chi connectivity index (χ1) is 11.0. The number of aromatic amines is 1. The number of rotatable bonds is 3. The van der Waals surface area contributed by atoms with Gasteiger partial charge in [0.25, 0.3) is 5.91 Å². The number of aromatic nitrogens is 1. The topological polar surface area (TPSA) is 135 Å². The molecule has 23 heavy (non-hydrogen) atoms. The lowest BCUT2D eigenvalue weighted by atomic mass is 9.98. The monoisotopic (exact) mass is 322 g/mol. The third-order valence-electron chi connectivity index (χ3n) is 3.94. The zero-order chi connectivity index (χ0) is 16.6. The van der Waals surface area contributed by atoms with E-state index in [4.69, 9.17) is 9.84 Å². The first kappa shape index (κ1) is 15.9. The Kier molecular flexibility index (Phi) is 4.33. The largest absolute Gasteiger partial charge is 0.394 e. The number of aliphatic hydroxyl groups excluding tert-OH is 4. The molecule has 2 aromatic rings. The van der Waals surface area contributed by atoms with Crippen molar-refractivity contribution in [2.45, 2.75) is 30.6 Å². The predicted molar refractivity (Wildman–Crippen MR) is 79.5 cm³/mol. The lowest BCUT2D eigenvalue weighted by Gasteiger charge is -2.40. The average Bonchev–Trinajstić information content (AvgIpc) is 2.99. The molecule has 6 N–H and O–H groups in total. The van der Waals surface area contributed by atoms with Crippen molar-refractivity contribution in [1.29, 1.82) is 0 Å². The summed E-state index contributed by atoms with van der Waals surface area (Å²) in [5, 5.41) is 41.8. The van der Waals surface area contributed by atoms with Gasteiger partial charge in [-0.3, -0.25) is 4.79 Å². The van der Waals surface area contributed by atoms with E-state index in [9.17, 15) is 20.1 Å². The van der Waals surface area contributed by atoms with Crippen LogP contribution in [0.1, 0.15) is 10.5 Å². The van der Waals surface area contributed by atoms with E-state index in [1.54, 1.807) is 6.07 Å². The van der Waals surface area contributed by atoms with E-state index < -0.39 is 43.2 Å². The van der Waals surface area contributed by atoms with Crippen LogP contribution in [-0.4, -0.2) is 68.6 Å². The van der Waals surface area contributed by atoms with Gasteiger partial charge in [-0.15, -0.1) is 0 Å². The standard InChI is InChI=1S/C15H18N2O6/c18-6-10-11(19)12(20)13(21)15(23-10)17-14(22)9-5-7-3-1-2-4-8(7)16-9/h1-5,10-13,15-16,18-21H,6H2,(H,17,22)/t10-,11-,12+,13-,15?/m1/s1. The molecule has 0 spiro atoms. The highest BCUT2D eigenvalue weighted by molar-refractivity contribution is 5.98. The highest BCUT2D eigenvalue weighted by Crippen LogP contribution is 2.20. The zero-order valence-corrected chi connectivity index (χ0v) is 12.1. The maximum absolute atomic E-state index is 12.3. The highest BCUT2D eigenvalue weighted by atomic mass is 16.6. The molecule has 0 saturated carbocycles. The molecule has 124 valence electrons. The third kappa shape index (κ3) is 2.94. The van der Waals surface area contributed by atoms with Gasteiger partial charge in [-0.2, -0.15) is 0 Å². The second-order valence-electron chi connectivity index (χ2n) is 5.49. The lowest BCUT2D eigenvalue weighted by Crippen LogP contribution is -2.63. The molecule has 1 unspecified atom stereocenters. The number of hydrogen-bond donors (Lipinski definition) is 6. The van der Waals surface area contributed by atoms with Gasteiger partial charge in [0.05, 0.1) is 6.61 Å². The normalized spacial score (nSPS) is 31.2. The fourth-order valence-corrected chi connectivity index (χ4v) is 2.62. The average molecular weight is 322 g/mol. The van der Waals surface area contributed by atoms with Crippen molar-refractivity contribution in [1.82, 2.24) is 10.3 Å². The Morgan fingerprint density at radius 3 is 2.61 bits per heavy atom. The smallest absolute Gasteiger partial charge is 0.269 e. The van der Waals surface area contributed by atoms with Crippen molar-refractivity contribution >= 4 is 16.8 Å². The number of H-pyrrole nitrogens is 1. The quantitative estimate of drug-likeness (QED) is 0.416. The van der Waals surface area contributed by atoms with Crippen LogP contribution in [0.4, 0.5) is 0 Å². The molecule has 0 bridgehead atoms. The molecular weight excluding hydrogens is 304 g/mol. The second-order valence-corrected chi connectivity index (χ2v) is 5.49. The van der Waals surface area contributed by atoms with Crippen LogP contribution < -0.4 is 5.32 Å². The van der Waals surface area contributed by atoms with Crippen LogP contribution in [0.25, 0.3) is 10.9 Å². The van der Waals surface area contributed by atoms with Crippen LogP contribution in [0, 0.1) is 0 Å². The fraction of sp³-hybridized carbons (Fsp3) is 0.400. The van der Waals surface area contributed by atoms with Gasteiger partial charge in [-0.25, -0.2) is 0 Å². The molecule has 1 aromatic carbocycles. The summed E-state index contributed by atoms with van der Waals surface area (Å²) >= 11 is 0. The SMILES string of the molecule is O=C(NC1O[C@H](CO)[C@@H](O)[C@H](O)[C@H]1O)c1cc2ccccc2[nH]1. The molecular formula is C15H18N2O6. The van der Waals surface area contributed by atoms with E-state index in [2.05, 4.69) is 10.3 Å². The number of amides is 1.